The number of fused-ring (bicyclic) bond motifs is 1. The lowest BCUT2D eigenvalue weighted by molar-refractivity contribution is -0.0445. The van der Waals surface area contributed by atoms with Crippen LogP contribution in [0.1, 0.15) is 38.9 Å². The van der Waals surface area contributed by atoms with E-state index in [1.807, 2.05) is 72.8 Å². The Labute approximate surface area is 208 Å². The standard InChI is InChI=1S/C30H23NO5/c32-29(24-17-26-27(36-19-35-26)18-25(24)30-33-15-16-34-30)22-11-13-23(14-12-22)31-28(20-7-3-1-4-8-20)21-9-5-2-6-10-21/h1-14,17-18,30H,15-16,19H2. The second kappa shape index (κ2) is 9.77. The molecule has 0 aliphatic carbocycles. The monoisotopic (exact) mass is 477 g/mol. The summed E-state index contributed by atoms with van der Waals surface area (Å²) in [5.41, 5.74) is 5.30. The summed E-state index contributed by atoms with van der Waals surface area (Å²) < 4.78 is 22.4. The summed E-state index contributed by atoms with van der Waals surface area (Å²) in [5.74, 6) is 0.973. The Bertz CT molecular complexity index is 1370. The normalized spacial score (nSPS) is 14.6. The van der Waals surface area contributed by atoms with Crippen molar-refractivity contribution in [2.45, 2.75) is 6.29 Å². The topological polar surface area (TPSA) is 66.4 Å². The molecule has 0 aromatic heterocycles. The van der Waals surface area contributed by atoms with E-state index in [0.717, 1.165) is 22.5 Å². The number of nitrogens with zero attached hydrogens (tertiary/aromatic N) is 1. The van der Waals surface area contributed by atoms with Gasteiger partial charge < -0.3 is 18.9 Å². The van der Waals surface area contributed by atoms with Crippen molar-refractivity contribution < 1.29 is 23.7 Å². The lowest BCUT2D eigenvalue weighted by atomic mass is 9.97. The van der Waals surface area contributed by atoms with Crippen LogP contribution in [0.2, 0.25) is 0 Å². The molecule has 0 amide bonds. The minimum absolute atomic E-state index is 0.122. The van der Waals surface area contributed by atoms with E-state index in [1.165, 1.54) is 0 Å². The molecule has 0 N–H and O–H groups in total. The van der Waals surface area contributed by atoms with E-state index in [9.17, 15) is 4.79 Å². The summed E-state index contributed by atoms with van der Waals surface area (Å²) in [6.45, 7) is 1.08. The maximum absolute atomic E-state index is 13.6. The van der Waals surface area contributed by atoms with Crippen molar-refractivity contribution in [1.82, 2.24) is 0 Å². The zero-order valence-electron chi connectivity index (χ0n) is 19.4. The fraction of sp³-hybridized carbons (Fsp3) is 0.133. The molecule has 6 rings (SSSR count). The summed E-state index contributed by atoms with van der Waals surface area (Å²) in [7, 11) is 0. The third-order valence-electron chi connectivity index (χ3n) is 6.13. The van der Waals surface area contributed by atoms with Crippen molar-refractivity contribution >= 4 is 17.2 Å². The van der Waals surface area contributed by atoms with Crippen LogP contribution in [0.5, 0.6) is 11.5 Å². The molecule has 2 aliphatic rings. The van der Waals surface area contributed by atoms with Gasteiger partial charge in [-0.05, 0) is 36.4 Å². The predicted octanol–water partition coefficient (Wildman–Crippen LogP) is 5.86. The Morgan fingerprint density at radius 2 is 1.28 bits per heavy atom. The number of aliphatic imine (C=N–C) groups is 1. The molecule has 6 heteroatoms. The van der Waals surface area contributed by atoms with Gasteiger partial charge in [0.15, 0.2) is 23.6 Å². The lowest BCUT2D eigenvalue weighted by Gasteiger charge is -2.15. The van der Waals surface area contributed by atoms with Crippen LogP contribution in [0.4, 0.5) is 5.69 Å². The van der Waals surface area contributed by atoms with E-state index in [4.69, 9.17) is 23.9 Å². The highest BCUT2D eigenvalue weighted by atomic mass is 16.7. The predicted molar refractivity (Wildman–Crippen MR) is 135 cm³/mol. The molecule has 2 heterocycles. The Hall–Kier alpha value is -4.26. The van der Waals surface area contributed by atoms with Gasteiger partial charge in [0.05, 0.1) is 24.6 Å². The summed E-state index contributed by atoms with van der Waals surface area (Å²) in [6, 6.07) is 30.9. The number of hydrogen-bond donors (Lipinski definition) is 0. The van der Waals surface area contributed by atoms with Crippen molar-refractivity contribution in [3.8, 4) is 11.5 Å². The molecule has 1 saturated heterocycles. The molecule has 0 saturated carbocycles. The van der Waals surface area contributed by atoms with Crippen LogP contribution in [0.25, 0.3) is 0 Å². The highest BCUT2D eigenvalue weighted by Crippen LogP contribution is 2.39. The molecule has 2 aliphatic heterocycles. The fourth-order valence-corrected chi connectivity index (χ4v) is 4.35. The fourth-order valence-electron chi connectivity index (χ4n) is 4.35. The second-order valence-electron chi connectivity index (χ2n) is 8.43. The Kier molecular flexibility index (Phi) is 6.03. The molecular weight excluding hydrogens is 454 g/mol. The van der Waals surface area contributed by atoms with Gasteiger partial charge in [-0.3, -0.25) is 4.79 Å². The van der Waals surface area contributed by atoms with Gasteiger partial charge in [-0.1, -0.05) is 60.7 Å². The highest BCUT2D eigenvalue weighted by Gasteiger charge is 2.29. The van der Waals surface area contributed by atoms with Gasteiger partial charge in [0.25, 0.3) is 0 Å². The first-order valence-electron chi connectivity index (χ1n) is 11.8. The summed E-state index contributed by atoms with van der Waals surface area (Å²) in [5, 5.41) is 0. The molecule has 0 spiro atoms. The van der Waals surface area contributed by atoms with Gasteiger partial charge in [-0.25, -0.2) is 4.99 Å². The van der Waals surface area contributed by atoms with Crippen molar-refractivity contribution in [1.29, 1.82) is 0 Å². The SMILES string of the molecule is O=C(c1ccc(N=C(c2ccccc2)c2ccccc2)cc1)c1cc2c(cc1C1OCCO1)OCO2. The van der Waals surface area contributed by atoms with Gasteiger partial charge >= 0.3 is 0 Å². The van der Waals surface area contributed by atoms with Crippen LogP contribution in [0, 0.1) is 0 Å². The quantitative estimate of drug-likeness (QED) is 0.257. The van der Waals surface area contributed by atoms with Gasteiger partial charge in [0.2, 0.25) is 6.79 Å². The van der Waals surface area contributed by atoms with Gasteiger partial charge in [-0.15, -0.1) is 0 Å². The van der Waals surface area contributed by atoms with Gasteiger partial charge in [0, 0.05) is 27.8 Å². The minimum Gasteiger partial charge on any atom is -0.454 e. The molecule has 4 aromatic carbocycles. The Morgan fingerprint density at radius 1 is 0.694 bits per heavy atom. The highest BCUT2D eigenvalue weighted by molar-refractivity contribution is 6.14. The van der Waals surface area contributed by atoms with Crippen LogP contribution in [-0.4, -0.2) is 31.5 Å². The Morgan fingerprint density at radius 3 is 1.89 bits per heavy atom. The zero-order valence-corrected chi connectivity index (χ0v) is 19.4. The first-order chi connectivity index (χ1) is 17.8. The first-order valence-corrected chi connectivity index (χ1v) is 11.8. The second-order valence-corrected chi connectivity index (χ2v) is 8.43. The minimum atomic E-state index is -0.610. The molecule has 0 atom stereocenters. The van der Waals surface area contributed by atoms with Crippen LogP contribution >= 0.6 is 0 Å². The Balaban J connectivity index is 1.34. The lowest BCUT2D eigenvalue weighted by Crippen LogP contribution is -2.10. The van der Waals surface area contributed by atoms with E-state index in [-0.39, 0.29) is 12.6 Å². The number of carbonyl (C=O) groups excluding carboxylic acids is 1. The molecule has 0 unspecified atom stereocenters. The number of rotatable bonds is 6. The van der Waals surface area contributed by atoms with Crippen LogP contribution in [0.15, 0.2) is 102 Å². The third kappa shape index (κ3) is 4.40. The number of ether oxygens (including phenoxy) is 4. The molecule has 0 radical (unpaired) electrons. The van der Waals surface area contributed by atoms with Crippen LogP contribution in [0.3, 0.4) is 0 Å². The maximum atomic E-state index is 13.6. The molecular formula is C30H23NO5. The number of carbonyl (C=O) groups is 1. The third-order valence-corrected chi connectivity index (χ3v) is 6.13. The molecule has 4 aromatic rings. The van der Waals surface area contributed by atoms with E-state index in [1.54, 1.807) is 24.3 Å². The number of benzene rings is 4. The van der Waals surface area contributed by atoms with Crippen LogP contribution in [-0.2, 0) is 9.47 Å². The van der Waals surface area contributed by atoms with Crippen molar-refractivity contribution in [2.75, 3.05) is 20.0 Å². The van der Waals surface area contributed by atoms with Crippen molar-refractivity contribution in [3.05, 3.63) is 125 Å². The largest absolute Gasteiger partial charge is 0.454 e. The molecule has 0 bridgehead atoms. The van der Waals surface area contributed by atoms with Crippen LogP contribution < -0.4 is 9.47 Å². The zero-order chi connectivity index (χ0) is 24.3. The van der Waals surface area contributed by atoms with Crippen molar-refractivity contribution in [2.24, 2.45) is 4.99 Å². The van der Waals surface area contributed by atoms with E-state index in [2.05, 4.69) is 0 Å². The average molecular weight is 478 g/mol. The van der Waals surface area contributed by atoms with Gasteiger partial charge in [0.1, 0.15) is 0 Å². The maximum Gasteiger partial charge on any atom is 0.231 e. The summed E-state index contributed by atoms with van der Waals surface area (Å²) >= 11 is 0. The van der Waals surface area contributed by atoms with E-state index < -0.39 is 6.29 Å². The molecule has 36 heavy (non-hydrogen) atoms. The number of hydrogen-bond acceptors (Lipinski definition) is 6. The molecule has 1 fully saturated rings. The number of ketones is 1. The molecule has 178 valence electrons. The van der Waals surface area contributed by atoms with E-state index >= 15 is 0 Å². The molecule has 6 nitrogen and oxygen atoms in total. The smallest absolute Gasteiger partial charge is 0.231 e. The van der Waals surface area contributed by atoms with Crippen molar-refractivity contribution in [3.63, 3.8) is 0 Å². The van der Waals surface area contributed by atoms with E-state index in [0.29, 0.717) is 41.4 Å². The van der Waals surface area contributed by atoms with Gasteiger partial charge in [-0.2, -0.15) is 0 Å². The summed E-state index contributed by atoms with van der Waals surface area (Å²) in [4.78, 5) is 18.5. The summed E-state index contributed by atoms with van der Waals surface area (Å²) in [6.07, 6.45) is -0.610. The average Bonchev–Trinajstić information content (AvgIpc) is 3.64. The first kappa shape index (κ1) is 22.2.